The minimum atomic E-state index is -0.602. The van der Waals surface area contributed by atoms with Gasteiger partial charge in [-0.1, -0.05) is 34.6 Å². The zero-order chi connectivity index (χ0) is 15.5. The lowest BCUT2D eigenvalue weighted by Gasteiger charge is -2.35. The fourth-order valence-corrected chi connectivity index (χ4v) is 3.45. The first-order valence-corrected chi connectivity index (χ1v) is 7.17. The topological polar surface area (TPSA) is 72.6 Å². The van der Waals surface area contributed by atoms with Gasteiger partial charge in [-0.15, -0.1) is 0 Å². The average Bonchev–Trinajstić information content (AvgIpc) is 2.75. The number of piperidine rings is 1. The average molecular weight is 282 g/mol. The van der Waals surface area contributed by atoms with Crippen LogP contribution in [-0.4, -0.2) is 42.5 Å². The molecule has 0 aromatic carbocycles. The summed E-state index contributed by atoms with van der Waals surface area (Å²) in [7, 11) is 1.37. The van der Waals surface area contributed by atoms with Gasteiger partial charge in [0.05, 0.1) is 13.2 Å². The van der Waals surface area contributed by atoms with Crippen molar-refractivity contribution >= 4 is 11.9 Å². The van der Waals surface area contributed by atoms with Gasteiger partial charge in [0.15, 0.2) is 0 Å². The molecule has 2 aliphatic rings. The van der Waals surface area contributed by atoms with Gasteiger partial charge in [0.2, 0.25) is 5.91 Å². The number of methoxy groups -OCH3 is 1. The van der Waals surface area contributed by atoms with Crippen LogP contribution in [0.4, 0.5) is 0 Å². The first-order chi connectivity index (χ1) is 9.03. The Bertz CT molecular complexity index is 439. The number of ether oxygens (including phenoxy) is 1. The predicted octanol–water partition coefficient (Wildman–Crippen LogP) is 1.02. The third kappa shape index (κ3) is 2.12. The fraction of sp³-hybridized carbons (Fsp3) is 0.867. The van der Waals surface area contributed by atoms with Crippen LogP contribution in [0.1, 0.15) is 34.6 Å². The summed E-state index contributed by atoms with van der Waals surface area (Å²) in [5.41, 5.74) is 5.86. The number of amides is 1. The van der Waals surface area contributed by atoms with Crippen molar-refractivity contribution in [3.63, 3.8) is 0 Å². The van der Waals surface area contributed by atoms with Crippen LogP contribution in [0.15, 0.2) is 0 Å². The first kappa shape index (κ1) is 15.3. The van der Waals surface area contributed by atoms with Crippen LogP contribution in [0.3, 0.4) is 0 Å². The molecule has 1 aliphatic carbocycles. The van der Waals surface area contributed by atoms with Crippen LogP contribution in [0, 0.1) is 22.7 Å². The highest BCUT2D eigenvalue weighted by Gasteiger charge is 2.70. The third-order valence-corrected chi connectivity index (χ3v) is 5.13. The summed E-state index contributed by atoms with van der Waals surface area (Å²) < 4.78 is 4.90. The van der Waals surface area contributed by atoms with Crippen LogP contribution in [0.25, 0.3) is 0 Å². The summed E-state index contributed by atoms with van der Waals surface area (Å²) in [4.78, 5) is 26.3. The van der Waals surface area contributed by atoms with Crippen molar-refractivity contribution in [1.29, 1.82) is 0 Å². The zero-order valence-corrected chi connectivity index (χ0v) is 13.3. The van der Waals surface area contributed by atoms with Crippen molar-refractivity contribution < 1.29 is 14.3 Å². The summed E-state index contributed by atoms with van der Waals surface area (Å²) >= 11 is 0. The molecule has 2 rings (SSSR count). The van der Waals surface area contributed by atoms with Gasteiger partial charge in [0.1, 0.15) is 6.04 Å². The molecule has 0 bridgehead atoms. The highest BCUT2D eigenvalue weighted by molar-refractivity contribution is 5.89. The van der Waals surface area contributed by atoms with Gasteiger partial charge >= 0.3 is 5.97 Å². The molecule has 114 valence electrons. The molecular weight excluding hydrogens is 256 g/mol. The number of fused-ring (bicyclic) bond motifs is 1. The molecule has 1 unspecified atom stereocenters. The molecule has 5 nitrogen and oxygen atoms in total. The maximum absolute atomic E-state index is 12.6. The molecule has 1 heterocycles. The van der Waals surface area contributed by atoms with Gasteiger partial charge in [-0.3, -0.25) is 4.79 Å². The van der Waals surface area contributed by atoms with E-state index in [1.54, 1.807) is 4.90 Å². The molecule has 0 aromatic rings. The summed E-state index contributed by atoms with van der Waals surface area (Å²) in [5, 5.41) is 0. The van der Waals surface area contributed by atoms with Gasteiger partial charge < -0.3 is 15.4 Å². The van der Waals surface area contributed by atoms with Crippen molar-refractivity contribution in [2.45, 2.75) is 46.7 Å². The highest BCUT2D eigenvalue weighted by atomic mass is 16.5. The Hall–Kier alpha value is -1.10. The van der Waals surface area contributed by atoms with E-state index in [-0.39, 0.29) is 28.6 Å². The van der Waals surface area contributed by atoms with E-state index in [0.717, 1.165) is 0 Å². The van der Waals surface area contributed by atoms with Crippen molar-refractivity contribution in [1.82, 2.24) is 4.90 Å². The van der Waals surface area contributed by atoms with Crippen LogP contribution in [0.2, 0.25) is 0 Å². The maximum Gasteiger partial charge on any atom is 0.328 e. The monoisotopic (exact) mass is 282 g/mol. The summed E-state index contributed by atoms with van der Waals surface area (Å²) in [6.45, 7) is 10.7. The smallest absolute Gasteiger partial charge is 0.328 e. The van der Waals surface area contributed by atoms with E-state index >= 15 is 0 Å². The molecular formula is C15H26N2O3. The van der Waals surface area contributed by atoms with E-state index in [4.69, 9.17) is 10.5 Å². The van der Waals surface area contributed by atoms with Gasteiger partial charge in [0.25, 0.3) is 0 Å². The van der Waals surface area contributed by atoms with Crippen LogP contribution < -0.4 is 5.73 Å². The predicted molar refractivity (Wildman–Crippen MR) is 75.7 cm³/mol. The van der Waals surface area contributed by atoms with Crippen molar-refractivity contribution in [3.05, 3.63) is 0 Å². The molecule has 4 atom stereocenters. The summed E-state index contributed by atoms with van der Waals surface area (Å²) in [5.74, 6) is 0.113. The second-order valence-electron chi connectivity index (χ2n) is 7.76. The number of hydrogen-bond acceptors (Lipinski definition) is 4. The van der Waals surface area contributed by atoms with Crippen molar-refractivity contribution in [2.24, 2.45) is 28.4 Å². The van der Waals surface area contributed by atoms with E-state index in [9.17, 15) is 9.59 Å². The molecule has 0 spiro atoms. The molecule has 0 aromatic heterocycles. The highest BCUT2D eigenvalue weighted by Crippen LogP contribution is 2.65. The number of esters is 1. The Morgan fingerprint density at radius 2 is 1.90 bits per heavy atom. The summed E-state index contributed by atoms with van der Waals surface area (Å²) in [6, 6.07) is -1.07. The summed E-state index contributed by atoms with van der Waals surface area (Å²) in [6.07, 6.45) is 0. The number of likely N-dealkylation sites (tertiary alicyclic amines) is 1. The van der Waals surface area contributed by atoms with E-state index < -0.39 is 12.1 Å². The molecule has 20 heavy (non-hydrogen) atoms. The number of carbonyl (C=O) groups excluding carboxylic acids is 2. The largest absolute Gasteiger partial charge is 0.467 e. The maximum atomic E-state index is 12.6. The SMILES string of the molecule is COC(=O)[C@@H]1C2[C@H](CN1C(=O)[C@@H](N)C(C)(C)C)C2(C)C. The lowest BCUT2D eigenvalue weighted by molar-refractivity contribution is -0.154. The number of rotatable bonds is 2. The third-order valence-electron chi connectivity index (χ3n) is 5.13. The number of nitrogens with two attached hydrogens (primary N) is 1. The molecule has 2 fully saturated rings. The van der Waals surface area contributed by atoms with Crippen LogP contribution in [-0.2, 0) is 14.3 Å². The molecule has 1 saturated heterocycles. The Morgan fingerprint density at radius 1 is 1.35 bits per heavy atom. The van der Waals surface area contributed by atoms with Gasteiger partial charge in [-0.25, -0.2) is 4.79 Å². The number of carbonyl (C=O) groups is 2. The van der Waals surface area contributed by atoms with Crippen LogP contribution >= 0.6 is 0 Å². The lowest BCUT2D eigenvalue weighted by Crippen LogP contribution is -2.55. The second kappa shape index (κ2) is 4.45. The number of hydrogen-bond donors (Lipinski definition) is 1. The molecule has 0 radical (unpaired) electrons. The fourth-order valence-electron chi connectivity index (χ4n) is 3.45. The first-order valence-electron chi connectivity index (χ1n) is 7.17. The Morgan fingerprint density at radius 3 is 2.35 bits per heavy atom. The molecule has 5 heteroatoms. The minimum Gasteiger partial charge on any atom is -0.467 e. The quantitative estimate of drug-likeness (QED) is 0.767. The number of nitrogens with zero attached hydrogens (tertiary/aromatic N) is 1. The normalized spacial score (nSPS) is 32.5. The Balaban J connectivity index is 2.21. The standard InChI is InChI=1S/C15H26N2O3/c1-14(2,3)11(16)12(18)17-7-8-9(15(8,4)5)10(17)13(19)20-6/h8-11H,7,16H2,1-6H3/t8-,9?,10-,11+/m0/s1. The second-order valence-corrected chi connectivity index (χ2v) is 7.76. The van der Waals surface area contributed by atoms with Crippen molar-refractivity contribution in [3.8, 4) is 0 Å². The van der Waals surface area contributed by atoms with E-state index in [2.05, 4.69) is 13.8 Å². The lowest BCUT2D eigenvalue weighted by atomic mass is 9.86. The molecule has 2 N–H and O–H groups in total. The Labute approximate surface area is 120 Å². The minimum absolute atomic E-state index is 0.113. The van der Waals surface area contributed by atoms with Crippen LogP contribution in [0.5, 0.6) is 0 Å². The van der Waals surface area contributed by atoms with E-state index in [1.807, 2.05) is 20.8 Å². The van der Waals surface area contributed by atoms with Gasteiger partial charge in [-0.05, 0) is 16.7 Å². The molecule has 1 aliphatic heterocycles. The molecule has 1 amide bonds. The Kier molecular flexibility index (Phi) is 3.40. The van der Waals surface area contributed by atoms with Crippen molar-refractivity contribution in [2.75, 3.05) is 13.7 Å². The zero-order valence-electron chi connectivity index (χ0n) is 13.3. The van der Waals surface area contributed by atoms with Gasteiger partial charge in [0, 0.05) is 12.5 Å². The molecule has 1 saturated carbocycles. The van der Waals surface area contributed by atoms with E-state index in [1.165, 1.54) is 7.11 Å². The van der Waals surface area contributed by atoms with E-state index in [0.29, 0.717) is 12.5 Å². The van der Waals surface area contributed by atoms with Gasteiger partial charge in [-0.2, -0.15) is 0 Å².